The van der Waals surface area contributed by atoms with Crippen LogP contribution in [-0.4, -0.2) is 38.7 Å². The molecule has 0 aromatic rings. The Morgan fingerprint density at radius 3 is 2.31 bits per heavy atom. The molecule has 16 heavy (non-hydrogen) atoms. The van der Waals surface area contributed by atoms with Crippen LogP contribution in [0, 0.1) is 0 Å². The van der Waals surface area contributed by atoms with Gasteiger partial charge in [-0.05, 0) is 27.2 Å². The van der Waals surface area contributed by atoms with E-state index in [0.717, 1.165) is 6.32 Å². The predicted molar refractivity (Wildman–Crippen MR) is 63.1 cm³/mol. The first-order chi connectivity index (χ1) is 7.30. The molecular formula is C10H20BNO4. The second-order valence-electron chi connectivity index (χ2n) is 4.51. The standard InChI is InChI=1S/C10H20BNO4/c1-10(2,3)16-9(14)12-7(5-6-11)8(13)15-4/h7H,5-6,11H2,1-4H3,(H,12,14). The lowest BCUT2D eigenvalue weighted by Gasteiger charge is -2.22. The summed E-state index contributed by atoms with van der Waals surface area (Å²) in [5, 5.41) is 2.49. The van der Waals surface area contributed by atoms with Crippen LogP contribution in [0.5, 0.6) is 0 Å². The third kappa shape index (κ3) is 6.32. The molecule has 5 nitrogen and oxygen atoms in total. The molecular weight excluding hydrogens is 209 g/mol. The molecule has 6 heteroatoms. The van der Waals surface area contributed by atoms with Crippen LogP contribution in [0.3, 0.4) is 0 Å². The van der Waals surface area contributed by atoms with E-state index in [1.54, 1.807) is 20.8 Å². The van der Waals surface area contributed by atoms with Gasteiger partial charge in [-0.2, -0.15) is 0 Å². The first-order valence-electron chi connectivity index (χ1n) is 5.37. The van der Waals surface area contributed by atoms with Crippen LogP contribution >= 0.6 is 0 Å². The molecule has 0 bridgehead atoms. The fourth-order valence-corrected chi connectivity index (χ4v) is 1.13. The lowest BCUT2D eigenvalue weighted by Crippen LogP contribution is -2.43. The minimum atomic E-state index is -0.634. The molecule has 0 aliphatic heterocycles. The van der Waals surface area contributed by atoms with Gasteiger partial charge in [-0.15, -0.1) is 0 Å². The molecule has 0 aromatic carbocycles. The van der Waals surface area contributed by atoms with Crippen LogP contribution in [0.1, 0.15) is 27.2 Å². The Morgan fingerprint density at radius 2 is 1.94 bits per heavy atom. The van der Waals surface area contributed by atoms with Crippen LogP contribution in [0.4, 0.5) is 4.79 Å². The van der Waals surface area contributed by atoms with E-state index in [2.05, 4.69) is 10.1 Å². The molecule has 1 N–H and O–H groups in total. The molecule has 0 aliphatic carbocycles. The van der Waals surface area contributed by atoms with Gasteiger partial charge in [0.2, 0.25) is 0 Å². The average Bonchev–Trinajstić information content (AvgIpc) is 2.13. The van der Waals surface area contributed by atoms with E-state index in [4.69, 9.17) is 4.74 Å². The molecule has 1 unspecified atom stereocenters. The van der Waals surface area contributed by atoms with Crippen LogP contribution < -0.4 is 5.32 Å². The van der Waals surface area contributed by atoms with Gasteiger partial charge < -0.3 is 14.8 Å². The van der Waals surface area contributed by atoms with Gasteiger partial charge in [-0.3, -0.25) is 0 Å². The van der Waals surface area contributed by atoms with Crippen LogP contribution in [-0.2, 0) is 14.3 Å². The monoisotopic (exact) mass is 229 g/mol. The van der Waals surface area contributed by atoms with Gasteiger partial charge in [0, 0.05) is 0 Å². The molecule has 0 rings (SSSR count). The first-order valence-corrected chi connectivity index (χ1v) is 5.37. The molecule has 0 fully saturated rings. The largest absolute Gasteiger partial charge is 0.467 e. The highest BCUT2D eigenvalue weighted by Crippen LogP contribution is 2.07. The van der Waals surface area contributed by atoms with E-state index >= 15 is 0 Å². The maximum absolute atomic E-state index is 11.4. The van der Waals surface area contributed by atoms with Gasteiger partial charge in [-0.25, -0.2) is 9.59 Å². The summed E-state index contributed by atoms with van der Waals surface area (Å²) in [6.45, 7) is 5.29. The number of alkyl carbamates (subject to hydrolysis) is 1. The van der Waals surface area contributed by atoms with Crippen molar-refractivity contribution >= 4 is 19.9 Å². The highest BCUT2D eigenvalue weighted by atomic mass is 16.6. The van der Waals surface area contributed by atoms with Crippen molar-refractivity contribution in [3.8, 4) is 0 Å². The normalized spacial score (nSPS) is 12.8. The van der Waals surface area contributed by atoms with Crippen LogP contribution in [0.2, 0.25) is 6.32 Å². The van der Waals surface area contributed by atoms with Crippen molar-refractivity contribution in [2.24, 2.45) is 0 Å². The molecule has 0 radical (unpaired) electrons. The number of hydrogen-bond acceptors (Lipinski definition) is 4. The Hall–Kier alpha value is -1.20. The summed E-state index contributed by atoms with van der Waals surface area (Å²) in [5.74, 6) is -0.451. The third-order valence-electron chi connectivity index (χ3n) is 1.75. The second kappa shape index (κ2) is 6.40. The number of nitrogens with one attached hydrogen (secondary N) is 1. The summed E-state index contributed by atoms with van der Waals surface area (Å²) >= 11 is 0. The molecule has 1 amide bonds. The van der Waals surface area contributed by atoms with Gasteiger partial charge in [0.15, 0.2) is 0 Å². The van der Waals surface area contributed by atoms with Crippen LogP contribution in [0.25, 0.3) is 0 Å². The van der Waals surface area contributed by atoms with E-state index in [1.165, 1.54) is 7.11 Å². The number of amides is 1. The van der Waals surface area contributed by atoms with Crippen molar-refractivity contribution in [2.45, 2.75) is 45.2 Å². The SMILES string of the molecule is BCCC(NC(=O)OC(C)(C)C)C(=O)OC. The topological polar surface area (TPSA) is 64.6 Å². The summed E-state index contributed by atoms with van der Waals surface area (Å²) in [5.41, 5.74) is -0.572. The summed E-state index contributed by atoms with van der Waals surface area (Å²) in [7, 11) is 3.22. The summed E-state index contributed by atoms with van der Waals surface area (Å²) in [6, 6.07) is -0.634. The zero-order valence-corrected chi connectivity index (χ0v) is 10.6. The number of rotatable bonds is 4. The van der Waals surface area contributed by atoms with E-state index in [0.29, 0.717) is 6.42 Å². The zero-order valence-electron chi connectivity index (χ0n) is 10.6. The molecule has 1 atom stereocenters. The van der Waals surface area contributed by atoms with Crippen LogP contribution in [0.15, 0.2) is 0 Å². The van der Waals surface area contributed by atoms with Gasteiger partial charge in [0.1, 0.15) is 19.5 Å². The predicted octanol–water partition coefficient (Wildman–Crippen LogP) is 0.494. The molecule has 0 saturated heterocycles. The van der Waals surface area contributed by atoms with Gasteiger partial charge in [-0.1, -0.05) is 6.32 Å². The van der Waals surface area contributed by atoms with E-state index < -0.39 is 23.7 Å². The Kier molecular flexibility index (Phi) is 5.92. The van der Waals surface area contributed by atoms with Crippen molar-refractivity contribution in [1.29, 1.82) is 0 Å². The van der Waals surface area contributed by atoms with Crippen molar-refractivity contribution in [1.82, 2.24) is 5.32 Å². The van der Waals surface area contributed by atoms with Crippen molar-refractivity contribution in [2.75, 3.05) is 7.11 Å². The number of ether oxygens (including phenoxy) is 2. The van der Waals surface area contributed by atoms with Gasteiger partial charge >= 0.3 is 12.1 Å². The Morgan fingerprint density at radius 1 is 1.38 bits per heavy atom. The Balaban J connectivity index is 4.29. The quantitative estimate of drug-likeness (QED) is 0.563. The number of hydrogen-bond donors (Lipinski definition) is 1. The highest BCUT2D eigenvalue weighted by molar-refractivity contribution is 6.08. The maximum Gasteiger partial charge on any atom is 0.408 e. The molecule has 0 aliphatic rings. The van der Waals surface area contributed by atoms with E-state index in [9.17, 15) is 9.59 Å². The zero-order chi connectivity index (χ0) is 12.8. The average molecular weight is 229 g/mol. The van der Waals surface area contributed by atoms with Gasteiger partial charge in [0.05, 0.1) is 7.11 Å². The number of methoxy groups -OCH3 is 1. The molecule has 0 spiro atoms. The molecule has 0 saturated carbocycles. The Labute approximate surface area is 97.3 Å². The number of carbonyl (C=O) groups is 2. The smallest absolute Gasteiger partial charge is 0.408 e. The fraction of sp³-hybridized carbons (Fsp3) is 0.800. The number of carbonyl (C=O) groups excluding carboxylic acids is 2. The molecule has 0 heterocycles. The van der Waals surface area contributed by atoms with Crippen molar-refractivity contribution in [3.63, 3.8) is 0 Å². The molecule has 92 valence electrons. The van der Waals surface area contributed by atoms with Gasteiger partial charge in [0.25, 0.3) is 0 Å². The lowest BCUT2D eigenvalue weighted by molar-refractivity contribution is -0.143. The summed E-state index contributed by atoms with van der Waals surface area (Å²) in [4.78, 5) is 22.7. The first kappa shape index (κ1) is 14.8. The van der Waals surface area contributed by atoms with Crippen molar-refractivity contribution in [3.05, 3.63) is 0 Å². The molecule has 0 aromatic heterocycles. The third-order valence-corrected chi connectivity index (χ3v) is 1.75. The van der Waals surface area contributed by atoms with Crippen molar-refractivity contribution < 1.29 is 19.1 Å². The minimum Gasteiger partial charge on any atom is -0.467 e. The minimum absolute atomic E-state index is 0.451. The highest BCUT2D eigenvalue weighted by Gasteiger charge is 2.23. The van der Waals surface area contributed by atoms with E-state index in [1.807, 2.05) is 7.85 Å². The Bertz CT molecular complexity index is 250. The number of esters is 1. The summed E-state index contributed by atoms with van der Waals surface area (Å²) in [6.07, 6.45) is 0.706. The summed E-state index contributed by atoms with van der Waals surface area (Å²) < 4.78 is 9.64. The lowest BCUT2D eigenvalue weighted by atomic mass is 9.98. The fourth-order valence-electron chi connectivity index (χ4n) is 1.13. The maximum atomic E-state index is 11.4. The second-order valence-corrected chi connectivity index (χ2v) is 4.51. The van der Waals surface area contributed by atoms with E-state index in [-0.39, 0.29) is 0 Å².